The number of fused-ring (bicyclic) bond motifs is 1. The summed E-state index contributed by atoms with van der Waals surface area (Å²) in [5, 5.41) is 13.8. The highest BCUT2D eigenvalue weighted by Crippen LogP contribution is 2.63. The van der Waals surface area contributed by atoms with E-state index in [4.69, 9.17) is 18.6 Å². The lowest BCUT2D eigenvalue weighted by atomic mass is 9.74. The molecule has 2 radical (unpaired) electrons. The quantitative estimate of drug-likeness (QED) is 0.462. The van der Waals surface area contributed by atoms with Crippen molar-refractivity contribution in [3.8, 4) is 22.4 Å². The first kappa shape index (κ1) is 20.9. The van der Waals surface area contributed by atoms with E-state index in [1.165, 1.54) is 0 Å². The predicted molar refractivity (Wildman–Crippen MR) is 131 cm³/mol. The van der Waals surface area contributed by atoms with Crippen LogP contribution in [0.4, 0.5) is 5.82 Å². The molecule has 2 saturated carbocycles. The predicted octanol–water partition coefficient (Wildman–Crippen LogP) is 3.58. The second kappa shape index (κ2) is 7.69. The number of pyridine rings is 1. The number of anilines is 1. The number of hydrogen-bond acceptors (Lipinski definition) is 5. The van der Waals surface area contributed by atoms with Gasteiger partial charge in [0, 0.05) is 34.5 Å². The molecule has 168 valence electrons. The zero-order valence-electron chi connectivity index (χ0n) is 18.7. The van der Waals surface area contributed by atoms with Crippen LogP contribution in [0.2, 0.25) is 0 Å². The molecule has 2 aliphatic carbocycles. The Kier molecular flexibility index (Phi) is 4.72. The standard InChI is InChI=1S/C26H24BN5O2/c27-21-22(16-8-10-26(11-9-16)12-19(26)25(33)34)31-24-18(14-30-32(24)23(21)28)17-6-7-20(29-13-17)15-4-2-1-3-5-15/h1-7,13-14,16,19H,8-12,28H2,(H,33,34). The van der Waals surface area contributed by atoms with Gasteiger partial charge in [-0.15, -0.1) is 0 Å². The van der Waals surface area contributed by atoms with Crippen molar-refractivity contribution in [2.24, 2.45) is 11.3 Å². The minimum Gasteiger partial charge on any atom is -0.481 e. The molecular weight excluding hydrogens is 425 g/mol. The van der Waals surface area contributed by atoms with E-state index in [0.717, 1.165) is 60.2 Å². The van der Waals surface area contributed by atoms with Crippen LogP contribution in [0.15, 0.2) is 54.9 Å². The Hall–Kier alpha value is -3.68. The Morgan fingerprint density at radius 2 is 1.85 bits per heavy atom. The number of nitrogen functional groups attached to an aromatic ring is 1. The second-order valence-electron chi connectivity index (χ2n) is 9.62. The number of rotatable bonds is 4. The van der Waals surface area contributed by atoms with Crippen molar-refractivity contribution in [2.75, 3.05) is 5.73 Å². The van der Waals surface area contributed by atoms with Gasteiger partial charge in [-0.05, 0) is 49.0 Å². The zero-order valence-corrected chi connectivity index (χ0v) is 18.7. The lowest BCUT2D eigenvalue weighted by Gasteiger charge is -2.30. The minimum absolute atomic E-state index is 0.0271. The molecule has 2 fully saturated rings. The highest BCUT2D eigenvalue weighted by Gasteiger charge is 2.59. The maximum absolute atomic E-state index is 11.4. The maximum Gasteiger partial charge on any atom is 0.307 e. The van der Waals surface area contributed by atoms with E-state index in [1.54, 1.807) is 10.7 Å². The lowest BCUT2D eigenvalue weighted by molar-refractivity contribution is -0.139. The molecule has 3 heterocycles. The summed E-state index contributed by atoms with van der Waals surface area (Å²) in [5.74, 6) is -0.318. The van der Waals surface area contributed by atoms with Crippen LogP contribution in [-0.4, -0.2) is 38.5 Å². The molecule has 0 bridgehead atoms. The molecule has 1 unspecified atom stereocenters. The van der Waals surface area contributed by atoms with E-state index in [0.29, 0.717) is 16.9 Å². The number of carboxylic acids is 1. The highest BCUT2D eigenvalue weighted by molar-refractivity contribution is 6.36. The van der Waals surface area contributed by atoms with Crippen LogP contribution in [0.1, 0.15) is 43.7 Å². The van der Waals surface area contributed by atoms with E-state index >= 15 is 0 Å². The Morgan fingerprint density at radius 1 is 1.09 bits per heavy atom. The van der Waals surface area contributed by atoms with Crippen molar-refractivity contribution in [2.45, 2.75) is 38.0 Å². The van der Waals surface area contributed by atoms with Crippen LogP contribution in [0.3, 0.4) is 0 Å². The van der Waals surface area contributed by atoms with Crippen molar-refractivity contribution in [1.82, 2.24) is 19.6 Å². The van der Waals surface area contributed by atoms with Gasteiger partial charge in [-0.1, -0.05) is 36.4 Å². The molecule has 34 heavy (non-hydrogen) atoms. The number of hydrogen-bond donors (Lipinski definition) is 2. The molecule has 3 aromatic heterocycles. The van der Waals surface area contributed by atoms with Crippen LogP contribution in [0.25, 0.3) is 28.0 Å². The summed E-state index contributed by atoms with van der Waals surface area (Å²) in [7, 11) is 6.42. The van der Waals surface area contributed by atoms with Crippen LogP contribution < -0.4 is 11.2 Å². The third kappa shape index (κ3) is 3.28. The fourth-order valence-electron chi connectivity index (χ4n) is 5.61. The van der Waals surface area contributed by atoms with Crippen molar-refractivity contribution < 1.29 is 9.90 Å². The first-order valence-electron chi connectivity index (χ1n) is 11.6. The van der Waals surface area contributed by atoms with Gasteiger partial charge in [0.1, 0.15) is 13.7 Å². The van der Waals surface area contributed by atoms with Gasteiger partial charge in [0.15, 0.2) is 5.65 Å². The van der Waals surface area contributed by atoms with Gasteiger partial charge >= 0.3 is 5.97 Å². The van der Waals surface area contributed by atoms with E-state index in [9.17, 15) is 9.90 Å². The fraction of sp³-hybridized carbons (Fsp3) is 0.308. The fourth-order valence-corrected chi connectivity index (χ4v) is 5.61. The Balaban J connectivity index is 1.32. The van der Waals surface area contributed by atoms with Crippen LogP contribution in [-0.2, 0) is 4.79 Å². The molecule has 0 aliphatic heterocycles. The number of nitrogens with zero attached hydrogens (tertiary/aromatic N) is 4. The van der Waals surface area contributed by atoms with Crippen LogP contribution in [0, 0.1) is 11.3 Å². The summed E-state index contributed by atoms with van der Waals surface area (Å²) in [6.07, 6.45) is 7.88. The maximum atomic E-state index is 11.4. The van der Waals surface area contributed by atoms with Crippen LogP contribution in [0.5, 0.6) is 0 Å². The molecule has 4 aromatic rings. The molecule has 6 rings (SSSR count). The summed E-state index contributed by atoms with van der Waals surface area (Å²) >= 11 is 0. The van der Waals surface area contributed by atoms with Gasteiger partial charge in [-0.25, -0.2) is 4.98 Å². The molecule has 1 atom stereocenters. The zero-order chi connectivity index (χ0) is 23.4. The molecule has 2 aliphatic rings. The number of aliphatic carboxylic acids is 1. The summed E-state index contributed by atoms with van der Waals surface area (Å²) in [6, 6.07) is 14.0. The summed E-state index contributed by atoms with van der Waals surface area (Å²) in [4.78, 5) is 21.0. The SMILES string of the molecule is [B]c1c(C2CCC3(CC2)CC3C(=O)O)nc2c(-c3ccc(-c4ccccc4)nc3)cnn2c1N. The molecule has 7 nitrogen and oxygen atoms in total. The Bertz CT molecular complexity index is 1390. The van der Waals surface area contributed by atoms with E-state index in [1.807, 2.05) is 48.7 Å². The molecule has 8 heteroatoms. The second-order valence-corrected chi connectivity index (χ2v) is 9.62. The molecule has 3 N–H and O–H groups in total. The van der Waals surface area contributed by atoms with E-state index < -0.39 is 5.97 Å². The average molecular weight is 449 g/mol. The lowest BCUT2D eigenvalue weighted by Crippen LogP contribution is -2.27. The number of aromatic nitrogens is 4. The number of benzene rings is 1. The third-order valence-electron chi connectivity index (χ3n) is 7.75. The largest absolute Gasteiger partial charge is 0.481 e. The summed E-state index contributed by atoms with van der Waals surface area (Å²) in [6.45, 7) is 0. The van der Waals surface area contributed by atoms with Gasteiger partial charge < -0.3 is 10.8 Å². The van der Waals surface area contributed by atoms with Gasteiger partial charge in [-0.3, -0.25) is 9.78 Å². The first-order chi connectivity index (χ1) is 16.5. The summed E-state index contributed by atoms with van der Waals surface area (Å²) in [5.41, 5.74) is 12.0. The van der Waals surface area contributed by atoms with Crippen molar-refractivity contribution in [3.05, 3.63) is 60.6 Å². The molecular formula is C26H24BN5O2. The molecule has 0 amide bonds. The number of carbonyl (C=O) groups is 1. The normalized spacial score (nSPS) is 23.9. The third-order valence-corrected chi connectivity index (χ3v) is 7.75. The highest BCUT2D eigenvalue weighted by atomic mass is 16.4. The first-order valence-corrected chi connectivity index (χ1v) is 11.6. The number of nitrogens with two attached hydrogens (primary N) is 1. The monoisotopic (exact) mass is 449 g/mol. The Labute approximate surface area is 198 Å². The van der Waals surface area contributed by atoms with Crippen molar-refractivity contribution >= 4 is 30.7 Å². The van der Waals surface area contributed by atoms with Crippen molar-refractivity contribution in [1.29, 1.82) is 0 Å². The van der Waals surface area contributed by atoms with Gasteiger partial charge in [0.25, 0.3) is 0 Å². The minimum atomic E-state index is -0.669. The van der Waals surface area contributed by atoms with Gasteiger partial charge in [0.05, 0.1) is 17.8 Å². The Morgan fingerprint density at radius 3 is 2.50 bits per heavy atom. The van der Waals surface area contributed by atoms with Gasteiger partial charge in [0.2, 0.25) is 0 Å². The van der Waals surface area contributed by atoms with E-state index in [2.05, 4.69) is 10.1 Å². The van der Waals surface area contributed by atoms with E-state index in [-0.39, 0.29) is 17.3 Å². The summed E-state index contributed by atoms with van der Waals surface area (Å²) < 4.78 is 1.59. The topological polar surface area (TPSA) is 106 Å². The average Bonchev–Trinajstić information content (AvgIpc) is 3.40. The van der Waals surface area contributed by atoms with Gasteiger partial charge in [-0.2, -0.15) is 9.61 Å². The molecule has 0 saturated heterocycles. The molecule has 1 aromatic carbocycles. The van der Waals surface area contributed by atoms with Crippen molar-refractivity contribution in [3.63, 3.8) is 0 Å². The van der Waals surface area contributed by atoms with Crippen LogP contribution >= 0.6 is 0 Å². The molecule has 1 spiro atoms. The number of carboxylic acid groups (broad SMARTS) is 1. The smallest absolute Gasteiger partial charge is 0.307 e.